The van der Waals surface area contributed by atoms with Crippen LogP contribution in [-0.2, 0) is 4.74 Å². The fourth-order valence-corrected chi connectivity index (χ4v) is 3.90. The third-order valence-corrected chi connectivity index (χ3v) is 4.93. The zero-order valence-corrected chi connectivity index (χ0v) is 12.0. The molecule has 2 N–H and O–H groups in total. The van der Waals surface area contributed by atoms with Gasteiger partial charge in [-0.3, -0.25) is 0 Å². The van der Waals surface area contributed by atoms with Gasteiger partial charge in [0, 0.05) is 24.6 Å². The molecule has 0 saturated carbocycles. The second kappa shape index (κ2) is 5.71. The van der Waals surface area contributed by atoms with Crippen molar-refractivity contribution in [1.29, 1.82) is 0 Å². The summed E-state index contributed by atoms with van der Waals surface area (Å²) in [5, 5.41) is 0.927. The molecule has 5 nitrogen and oxygen atoms in total. The van der Waals surface area contributed by atoms with Gasteiger partial charge in [0.1, 0.15) is 15.6 Å². The minimum absolute atomic E-state index is 0.377. The Balaban J connectivity index is 2.36. The molecule has 2 heterocycles. The van der Waals surface area contributed by atoms with Crippen molar-refractivity contribution in [3.8, 4) is 5.75 Å². The number of carbonyl (C=O) groups is 1. The van der Waals surface area contributed by atoms with E-state index in [-0.39, 0.29) is 0 Å². The zero-order valence-electron chi connectivity index (χ0n) is 10.4. The van der Waals surface area contributed by atoms with E-state index in [0.29, 0.717) is 16.3 Å². The van der Waals surface area contributed by atoms with Crippen LogP contribution in [0.1, 0.15) is 9.67 Å². The number of thioether (sulfide) groups is 1. The fraction of sp³-hybridized carbons (Fsp3) is 0.545. The van der Waals surface area contributed by atoms with E-state index in [2.05, 4.69) is 4.90 Å². The third-order valence-electron chi connectivity index (χ3n) is 2.76. The molecule has 1 saturated heterocycles. The summed E-state index contributed by atoms with van der Waals surface area (Å²) in [7, 11) is 2.92. The summed E-state index contributed by atoms with van der Waals surface area (Å²) < 4.78 is 10.1. The van der Waals surface area contributed by atoms with Gasteiger partial charge in [-0.1, -0.05) is 0 Å². The molecular formula is C11H16N2O3S2. The molecule has 7 heteroatoms. The van der Waals surface area contributed by atoms with Crippen LogP contribution in [0.2, 0.25) is 0 Å². The standard InChI is InChI=1S/C11H16N2O3S2/c1-15-8-7(12)9(11(14)16-2)18-10(8)13-3-5-17-6-4-13/h3-6,12H2,1-2H3. The Morgan fingerprint density at radius 2 is 2.00 bits per heavy atom. The molecule has 100 valence electrons. The Morgan fingerprint density at radius 1 is 1.33 bits per heavy atom. The number of hydrogen-bond acceptors (Lipinski definition) is 7. The van der Waals surface area contributed by atoms with Gasteiger partial charge in [0.2, 0.25) is 0 Å². The molecule has 0 unspecified atom stereocenters. The summed E-state index contributed by atoms with van der Waals surface area (Å²) in [5.41, 5.74) is 6.33. The maximum atomic E-state index is 11.6. The highest BCUT2D eigenvalue weighted by Gasteiger charge is 2.26. The van der Waals surface area contributed by atoms with Crippen LogP contribution in [0.4, 0.5) is 10.7 Å². The number of thiophene rings is 1. The number of nitrogen functional groups attached to an aromatic ring is 1. The van der Waals surface area contributed by atoms with Crippen LogP contribution in [0.5, 0.6) is 5.75 Å². The summed E-state index contributed by atoms with van der Waals surface area (Å²) >= 11 is 3.27. The van der Waals surface area contributed by atoms with E-state index in [1.165, 1.54) is 18.4 Å². The smallest absolute Gasteiger partial charge is 0.350 e. The monoisotopic (exact) mass is 288 g/mol. The Hall–Kier alpha value is -1.08. The van der Waals surface area contributed by atoms with Crippen molar-refractivity contribution >= 4 is 39.8 Å². The second-order valence-corrected chi connectivity index (χ2v) is 6.00. The van der Waals surface area contributed by atoms with Gasteiger partial charge in [-0.15, -0.1) is 11.3 Å². The molecule has 1 aromatic heterocycles. The molecule has 0 aliphatic carbocycles. The predicted molar refractivity (Wildman–Crippen MR) is 76.2 cm³/mol. The topological polar surface area (TPSA) is 64.8 Å². The van der Waals surface area contributed by atoms with E-state index in [9.17, 15) is 4.79 Å². The van der Waals surface area contributed by atoms with Gasteiger partial charge in [-0.2, -0.15) is 11.8 Å². The highest BCUT2D eigenvalue weighted by Crippen LogP contribution is 2.45. The Labute approximate surface area is 114 Å². The lowest BCUT2D eigenvalue weighted by Gasteiger charge is -2.27. The van der Waals surface area contributed by atoms with Crippen molar-refractivity contribution < 1.29 is 14.3 Å². The molecule has 0 radical (unpaired) electrons. The average molecular weight is 288 g/mol. The fourth-order valence-electron chi connectivity index (χ4n) is 1.83. The largest absolute Gasteiger partial charge is 0.492 e. The van der Waals surface area contributed by atoms with E-state index < -0.39 is 5.97 Å². The number of rotatable bonds is 3. The lowest BCUT2D eigenvalue weighted by Crippen LogP contribution is -2.31. The Morgan fingerprint density at radius 3 is 2.56 bits per heavy atom. The first kappa shape index (κ1) is 13.4. The highest BCUT2D eigenvalue weighted by molar-refractivity contribution is 7.99. The molecular weight excluding hydrogens is 272 g/mol. The predicted octanol–water partition coefficient (Wildman–Crippen LogP) is 1.68. The number of methoxy groups -OCH3 is 2. The SMILES string of the molecule is COC(=O)c1sc(N2CCSCC2)c(OC)c1N. The second-order valence-electron chi connectivity index (χ2n) is 3.77. The quantitative estimate of drug-likeness (QED) is 0.854. The first-order valence-electron chi connectivity index (χ1n) is 5.56. The van der Waals surface area contributed by atoms with E-state index in [0.717, 1.165) is 29.6 Å². The van der Waals surface area contributed by atoms with Gasteiger partial charge in [-0.05, 0) is 0 Å². The highest BCUT2D eigenvalue weighted by atomic mass is 32.2. The van der Waals surface area contributed by atoms with Crippen LogP contribution in [0.25, 0.3) is 0 Å². The number of ether oxygens (including phenoxy) is 2. The minimum Gasteiger partial charge on any atom is -0.492 e. The van der Waals surface area contributed by atoms with Gasteiger partial charge in [0.25, 0.3) is 0 Å². The first-order chi connectivity index (χ1) is 8.69. The van der Waals surface area contributed by atoms with Crippen LogP contribution >= 0.6 is 23.1 Å². The maximum absolute atomic E-state index is 11.6. The third kappa shape index (κ3) is 2.37. The zero-order chi connectivity index (χ0) is 13.1. The van der Waals surface area contributed by atoms with Crippen LogP contribution in [0.3, 0.4) is 0 Å². The van der Waals surface area contributed by atoms with E-state index in [1.807, 2.05) is 11.8 Å². The molecule has 18 heavy (non-hydrogen) atoms. The van der Waals surface area contributed by atoms with Crippen molar-refractivity contribution in [3.05, 3.63) is 4.88 Å². The molecule has 0 atom stereocenters. The number of anilines is 2. The van der Waals surface area contributed by atoms with Gasteiger partial charge in [0.05, 0.1) is 14.2 Å². The molecule has 1 aliphatic rings. The van der Waals surface area contributed by atoms with Crippen LogP contribution in [0.15, 0.2) is 0 Å². The molecule has 0 bridgehead atoms. The molecule has 0 aromatic carbocycles. The average Bonchev–Trinajstić information content (AvgIpc) is 2.76. The molecule has 1 aliphatic heterocycles. The minimum atomic E-state index is -0.409. The van der Waals surface area contributed by atoms with Crippen molar-refractivity contribution in [2.45, 2.75) is 0 Å². The van der Waals surface area contributed by atoms with Crippen molar-refractivity contribution in [1.82, 2.24) is 0 Å². The number of esters is 1. The number of hydrogen-bond donors (Lipinski definition) is 1. The molecule has 0 amide bonds. The lowest BCUT2D eigenvalue weighted by atomic mass is 10.3. The summed E-state index contributed by atoms with van der Waals surface area (Å²) in [6, 6.07) is 0. The maximum Gasteiger partial charge on any atom is 0.350 e. The molecule has 1 fully saturated rings. The van der Waals surface area contributed by atoms with Crippen LogP contribution in [0, 0.1) is 0 Å². The van der Waals surface area contributed by atoms with Gasteiger partial charge >= 0.3 is 5.97 Å². The number of nitrogens with two attached hydrogens (primary N) is 1. The van der Waals surface area contributed by atoms with Crippen molar-refractivity contribution in [2.75, 3.05) is 49.4 Å². The molecule has 1 aromatic rings. The van der Waals surface area contributed by atoms with Gasteiger partial charge < -0.3 is 20.1 Å². The summed E-state index contributed by atoms with van der Waals surface area (Å²) in [6.07, 6.45) is 0. The van der Waals surface area contributed by atoms with Crippen LogP contribution < -0.4 is 15.4 Å². The van der Waals surface area contributed by atoms with Gasteiger partial charge in [0.15, 0.2) is 5.75 Å². The summed E-state index contributed by atoms with van der Waals surface area (Å²) in [4.78, 5) is 14.3. The van der Waals surface area contributed by atoms with E-state index >= 15 is 0 Å². The van der Waals surface area contributed by atoms with Crippen molar-refractivity contribution in [3.63, 3.8) is 0 Å². The number of nitrogens with zero attached hydrogens (tertiary/aromatic N) is 1. The summed E-state index contributed by atoms with van der Waals surface area (Å²) in [6.45, 7) is 1.89. The Kier molecular flexibility index (Phi) is 4.23. The van der Waals surface area contributed by atoms with E-state index in [4.69, 9.17) is 15.2 Å². The van der Waals surface area contributed by atoms with Gasteiger partial charge in [-0.25, -0.2) is 4.79 Å². The first-order valence-corrected chi connectivity index (χ1v) is 7.53. The molecule has 2 rings (SSSR count). The number of carbonyl (C=O) groups excluding carboxylic acids is 1. The van der Waals surface area contributed by atoms with Crippen molar-refractivity contribution in [2.24, 2.45) is 0 Å². The summed E-state index contributed by atoms with van der Waals surface area (Å²) in [5.74, 6) is 2.34. The normalized spacial score (nSPS) is 15.6. The van der Waals surface area contributed by atoms with E-state index in [1.54, 1.807) is 7.11 Å². The van der Waals surface area contributed by atoms with Crippen LogP contribution in [-0.4, -0.2) is 44.8 Å². The molecule has 0 spiro atoms. The Bertz CT molecular complexity index is 442. The lowest BCUT2D eigenvalue weighted by molar-refractivity contribution is 0.0607.